The van der Waals surface area contributed by atoms with Gasteiger partial charge < -0.3 is 14.2 Å². The highest BCUT2D eigenvalue weighted by Crippen LogP contribution is 2.30. The zero-order valence-corrected chi connectivity index (χ0v) is 10.1. The van der Waals surface area contributed by atoms with E-state index in [1.807, 2.05) is 0 Å². The largest absolute Gasteiger partial charge is 0.490 e. The molecule has 0 aliphatic rings. The van der Waals surface area contributed by atoms with Crippen molar-refractivity contribution in [1.29, 1.82) is 0 Å². The van der Waals surface area contributed by atoms with Crippen LogP contribution >= 0.6 is 0 Å². The van der Waals surface area contributed by atoms with Gasteiger partial charge in [0.25, 0.3) is 0 Å². The fourth-order valence-corrected chi connectivity index (χ4v) is 1.31. The van der Waals surface area contributed by atoms with Crippen molar-refractivity contribution in [2.45, 2.75) is 20.5 Å². The van der Waals surface area contributed by atoms with Gasteiger partial charge in [-0.15, -0.1) is 0 Å². The van der Waals surface area contributed by atoms with Crippen molar-refractivity contribution in [3.8, 4) is 11.5 Å². The van der Waals surface area contributed by atoms with E-state index in [2.05, 4.69) is 4.74 Å². The second-order valence-electron chi connectivity index (χ2n) is 3.19. The fraction of sp³-hybridized carbons (Fsp3) is 0.417. The summed E-state index contributed by atoms with van der Waals surface area (Å²) in [5.74, 6) is -0.565. The van der Waals surface area contributed by atoms with Gasteiger partial charge in [0.1, 0.15) is 0 Å². The number of hydrogen-bond acceptors (Lipinski definition) is 4. The van der Waals surface area contributed by atoms with Gasteiger partial charge in [0.05, 0.1) is 18.8 Å². The van der Waals surface area contributed by atoms with Crippen LogP contribution in [-0.2, 0) is 4.74 Å². The average molecular weight is 260 g/mol. The van der Waals surface area contributed by atoms with Crippen LogP contribution in [0.4, 0.5) is 8.78 Å². The summed E-state index contributed by atoms with van der Waals surface area (Å²) in [4.78, 5) is 11.5. The molecule has 1 aromatic rings. The predicted molar refractivity (Wildman–Crippen MR) is 60.2 cm³/mol. The van der Waals surface area contributed by atoms with Crippen LogP contribution in [0.3, 0.4) is 0 Å². The van der Waals surface area contributed by atoms with Gasteiger partial charge in [-0.3, -0.25) is 0 Å². The predicted octanol–water partition coefficient (Wildman–Crippen LogP) is 2.86. The third-order valence-corrected chi connectivity index (χ3v) is 1.97. The van der Waals surface area contributed by atoms with Crippen LogP contribution in [0.25, 0.3) is 0 Å². The number of halogens is 2. The molecule has 4 nitrogen and oxygen atoms in total. The molecule has 0 N–H and O–H groups in total. The molecule has 18 heavy (non-hydrogen) atoms. The van der Waals surface area contributed by atoms with E-state index in [4.69, 9.17) is 9.47 Å². The van der Waals surface area contributed by atoms with Crippen LogP contribution in [0, 0.1) is 0 Å². The minimum absolute atomic E-state index is 0.0864. The van der Waals surface area contributed by atoms with Crippen LogP contribution in [0.15, 0.2) is 18.2 Å². The molecule has 0 aliphatic heterocycles. The molecule has 0 spiro atoms. The monoisotopic (exact) mass is 260 g/mol. The molecule has 1 aromatic carbocycles. The Kier molecular flexibility index (Phi) is 5.35. The molecule has 0 bridgehead atoms. The summed E-state index contributed by atoms with van der Waals surface area (Å²) >= 11 is 0. The first-order valence-electron chi connectivity index (χ1n) is 5.47. The Morgan fingerprint density at radius 2 is 1.94 bits per heavy atom. The molecule has 0 aliphatic carbocycles. The van der Waals surface area contributed by atoms with E-state index in [1.165, 1.54) is 18.2 Å². The summed E-state index contributed by atoms with van der Waals surface area (Å²) in [7, 11) is 0. The molecule has 0 atom stereocenters. The van der Waals surface area contributed by atoms with Crippen LogP contribution in [0.2, 0.25) is 0 Å². The van der Waals surface area contributed by atoms with Gasteiger partial charge in [-0.1, -0.05) is 0 Å². The Morgan fingerprint density at radius 1 is 1.22 bits per heavy atom. The molecular weight excluding hydrogens is 246 g/mol. The molecule has 0 saturated carbocycles. The van der Waals surface area contributed by atoms with Crippen molar-refractivity contribution < 1.29 is 27.8 Å². The Balaban J connectivity index is 2.98. The fourth-order valence-electron chi connectivity index (χ4n) is 1.31. The average Bonchev–Trinajstić information content (AvgIpc) is 2.31. The summed E-state index contributed by atoms with van der Waals surface area (Å²) < 4.78 is 38.5. The molecule has 1 rings (SSSR count). The van der Waals surface area contributed by atoms with Crippen LogP contribution in [0.1, 0.15) is 24.2 Å². The Hall–Kier alpha value is -1.85. The highest BCUT2D eigenvalue weighted by Gasteiger charge is 2.14. The number of hydrogen-bond donors (Lipinski definition) is 0. The summed E-state index contributed by atoms with van der Waals surface area (Å²) in [6.45, 7) is 0.931. The van der Waals surface area contributed by atoms with Crippen LogP contribution < -0.4 is 9.47 Å². The van der Waals surface area contributed by atoms with Gasteiger partial charge in [-0.25, -0.2) is 4.79 Å². The number of esters is 1. The highest BCUT2D eigenvalue weighted by atomic mass is 19.3. The second-order valence-corrected chi connectivity index (χ2v) is 3.19. The number of carbonyl (C=O) groups excluding carboxylic acids is 1. The summed E-state index contributed by atoms with van der Waals surface area (Å²) in [5.41, 5.74) is 0.224. The lowest BCUT2D eigenvalue weighted by Crippen LogP contribution is -2.08. The van der Waals surface area contributed by atoms with Crippen molar-refractivity contribution >= 4 is 5.97 Å². The number of rotatable bonds is 6. The third-order valence-electron chi connectivity index (χ3n) is 1.97. The summed E-state index contributed by atoms with van der Waals surface area (Å²) in [6.07, 6.45) is 0. The number of benzene rings is 1. The molecule has 0 amide bonds. The number of ether oxygens (including phenoxy) is 3. The Morgan fingerprint density at radius 3 is 2.50 bits per heavy atom. The normalized spacial score (nSPS) is 10.3. The maximum absolute atomic E-state index is 12.2. The van der Waals surface area contributed by atoms with E-state index >= 15 is 0 Å². The zero-order chi connectivity index (χ0) is 13.5. The minimum Gasteiger partial charge on any atom is -0.490 e. The molecular formula is C12H14F2O4. The van der Waals surface area contributed by atoms with Gasteiger partial charge in [0, 0.05) is 0 Å². The highest BCUT2D eigenvalue weighted by molar-refractivity contribution is 5.90. The van der Waals surface area contributed by atoms with E-state index in [1.54, 1.807) is 13.8 Å². The first-order valence-corrected chi connectivity index (χ1v) is 5.47. The van der Waals surface area contributed by atoms with Gasteiger partial charge in [0.15, 0.2) is 11.5 Å². The van der Waals surface area contributed by atoms with Crippen LogP contribution in [-0.4, -0.2) is 25.8 Å². The maximum atomic E-state index is 12.2. The van der Waals surface area contributed by atoms with Crippen LogP contribution in [0.5, 0.6) is 11.5 Å². The Labute approximate surface area is 103 Å². The zero-order valence-electron chi connectivity index (χ0n) is 10.1. The van der Waals surface area contributed by atoms with E-state index in [0.717, 1.165) is 0 Å². The summed E-state index contributed by atoms with van der Waals surface area (Å²) in [5, 5.41) is 0. The number of carbonyl (C=O) groups is 1. The smallest absolute Gasteiger partial charge is 0.387 e. The standard InChI is InChI=1S/C12H14F2O4/c1-3-16-10-7-8(11(15)17-4-2)5-6-9(10)18-12(13)14/h5-7,12H,3-4H2,1-2H3. The van der Waals surface area contributed by atoms with Crippen molar-refractivity contribution in [3.63, 3.8) is 0 Å². The van der Waals surface area contributed by atoms with Crippen molar-refractivity contribution in [2.75, 3.05) is 13.2 Å². The lowest BCUT2D eigenvalue weighted by atomic mass is 10.2. The molecule has 0 unspecified atom stereocenters. The topological polar surface area (TPSA) is 44.8 Å². The van der Waals surface area contributed by atoms with E-state index in [-0.39, 0.29) is 30.3 Å². The molecule has 100 valence electrons. The quantitative estimate of drug-likeness (QED) is 0.738. The lowest BCUT2D eigenvalue weighted by Gasteiger charge is -2.12. The summed E-state index contributed by atoms with van der Waals surface area (Å²) in [6, 6.07) is 3.92. The van der Waals surface area contributed by atoms with Gasteiger partial charge in [0.2, 0.25) is 0 Å². The molecule has 0 saturated heterocycles. The van der Waals surface area contributed by atoms with Crippen molar-refractivity contribution in [3.05, 3.63) is 23.8 Å². The minimum atomic E-state index is -2.95. The molecule has 0 radical (unpaired) electrons. The second kappa shape index (κ2) is 6.78. The van der Waals surface area contributed by atoms with Gasteiger partial charge in [-0.05, 0) is 32.0 Å². The lowest BCUT2D eigenvalue weighted by molar-refractivity contribution is -0.0514. The van der Waals surface area contributed by atoms with Crippen molar-refractivity contribution in [1.82, 2.24) is 0 Å². The SMILES string of the molecule is CCOC(=O)c1ccc(OC(F)F)c(OCC)c1. The molecule has 0 heterocycles. The van der Waals surface area contributed by atoms with E-state index in [9.17, 15) is 13.6 Å². The number of alkyl halides is 2. The van der Waals surface area contributed by atoms with E-state index in [0.29, 0.717) is 0 Å². The third kappa shape index (κ3) is 3.87. The van der Waals surface area contributed by atoms with Gasteiger partial charge in [-0.2, -0.15) is 8.78 Å². The van der Waals surface area contributed by atoms with Gasteiger partial charge >= 0.3 is 12.6 Å². The first-order chi connectivity index (χ1) is 8.58. The molecule has 6 heteroatoms. The van der Waals surface area contributed by atoms with E-state index < -0.39 is 12.6 Å². The first kappa shape index (κ1) is 14.2. The van der Waals surface area contributed by atoms with Crippen molar-refractivity contribution in [2.24, 2.45) is 0 Å². The molecule has 0 aromatic heterocycles. The maximum Gasteiger partial charge on any atom is 0.387 e. The Bertz CT molecular complexity index is 407. The molecule has 0 fully saturated rings.